The van der Waals surface area contributed by atoms with E-state index >= 15 is 0 Å². The van der Waals surface area contributed by atoms with E-state index in [1.165, 1.54) is 0 Å². The largest absolute Gasteiger partial charge is 0.488 e. The number of hydrogen-bond acceptors (Lipinski definition) is 4. The first-order valence-electron chi connectivity index (χ1n) is 5.61. The molecule has 0 radical (unpaired) electrons. The Bertz CT molecular complexity index is 348. The lowest BCUT2D eigenvalue weighted by molar-refractivity contribution is 0.0245. The van der Waals surface area contributed by atoms with Crippen LogP contribution in [0.5, 0.6) is 5.75 Å². The molecule has 0 atom stereocenters. The Balaban J connectivity index is 2.07. The Kier molecular flexibility index (Phi) is 3.74. The van der Waals surface area contributed by atoms with Crippen LogP contribution in [0.4, 0.5) is 0 Å². The van der Waals surface area contributed by atoms with E-state index in [-0.39, 0.29) is 12.7 Å². The summed E-state index contributed by atoms with van der Waals surface area (Å²) in [6.45, 7) is 3.31. The fraction of sp³-hybridized carbons (Fsp3) is 0.583. The summed E-state index contributed by atoms with van der Waals surface area (Å²) in [5, 5.41) is 9.21. The topological polar surface area (TPSA) is 51.6 Å². The van der Waals surface area contributed by atoms with E-state index in [1.54, 1.807) is 0 Å². The lowest BCUT2D eigenvalue weighted by Crippen LogP contribution is -2.26. The van der Waals surface area contributed by atoms with Gasteiger partial charge in [-0.15, -0.1) is 0 Å². The third kappa shape index (κ3) is 2.71. The van der Waals surface area contributed by atoms with E-state index in [0.29, 0.717) is 11.4 Å². The lowest BCUT2D eigenvalue weighted by Gasteiger charge is -2.24. The second-order valence-corrected chi connectivity index (χ2v) is 3.99. The van der Waals surface area contributed by atoms with Gasteiger partial charge >= 0.3 is 0 Å². The van der Waals surface area contributed by atoms with Gasteiger partial charge in [0.15, 0.2) is 0 Å². The van der Waals surface area contributed by atoms with Crippen molar-refractivity contribution in [2.45, 2.75) is 32.5 Å². The highest BCUT2D eigenvalue weighted by Crippen LogP contribution is 2.21. The van der Waals surface area contributed by atoms with Crippen LogP contribution < -0.4 is 4.74 Å². The zero-order chi connectivity index (χ0) is 11.4. The van der Waals surface area contributed by atoms with Crippen LogP contribution in [0.1, 0.15) is 24.2 Å². The summed E-state index contributed by atoms with van der Waals surface area (Å²) in [6.07, 6.45) is 1.99. The van der Waals surface area contributed by atoms with Gasteiger partial charge in [0.25, 0.3) is 0 Å². The highest BCUT2D eigenvalue weighted by molar-refractivity contribution is 5.29. The Morgan fingerprint density at radius 2 is 2.19 bits per heavy atom. The molecule has 1 fully saturated rings. The molecule has 88 valence electrons. The molecule has 4 heteroatoms. The molecule has 0 amide bonds. The molecule has 1 aliphatic heterocycles. The predicted octanol–water partition coefficient (Wildman–Crippen LogP) is 1.44. The third-order valence-electron chi connectivity index (χ3n) is 2.68. The lowest BCUT2D eigenvalue weighted by atomic mass is 10.1. The predicted molar refractivity (Wildman–Crippen MR) is 59.4 cm³/mol. The Labute approximate surface area is 95.2 Å². The van der Waals surface area contributed by atoms with Gasteiger partial charge in [-0.25, -0.2) is 0 Å². The average Bonchev–Trinajstić information content (AvgIpc) is 2.33. The van der Waals surface area contributed by atoms with Gasteiger partial charge in [-0.3, -0.25) is 4.98 Å². The smallest absolute Gasteiger partial charge is 0.143 e. The van der Waals surface area contributed by atoms with Gasteiger partial charge < -0.3 is 14.6 Å². The summed E-state index contributed by atoms with van der Waals surface area (Å²) >= 11 is 0. The van der Waals surface area contributed by atoms with Crippen molar-refractivity contribution in [1.29, 1.82) is 0 Å². The van der Waals surface area contributed by atoms with Crippen LogP contribution in [0, 0.1) is 6.92 Å². The molecule has 1 aromatic heterocycles. The minimum atomic E-state index is -0.0831. The average molecular weight is 223 g/mol. The van der Waals surface area contributed by atoms with Crippen molar-refractivity contribution in [2.24, 2.45) is 0 Å². The van der Waals surface area contributed by atoms with Crippen LogP contribution in [0.2, 0.25) is 0 Å². The van der Waals surface area contributed by atoms with Gasteiger partial charge in [0.1, 0.15) is 17.5 Å². The number of pyridine rings is 1. The van der Waals surface area contributed by atoms with Crippen LogP contribution in [-0.2, 0) is 11.3 Å². The highest BCUT2D eigenvalue weighted by atomic mass is 16.5. The van der Waals surface area contributed by atoms with E-state index in [0.717, 1.165) is 31.7 Å². The van der Waals surface area contributed by atoms with Crippen LogP contribution >= 0.6 is 0 Å². The molecule has 0 aliphatic carbocycles. The van der Waals surface area contributed by atoms with Crippen LogP contribution in [0.25, 0.3) is 0 Å². The Morgan fingerprint density at radius 3 is 2.88 bits per heavy atom. The molecule has 4 nitrogen and oxygen atoms in total. The minimum absolute atomic E-state index is 0.0831. The van der Waals surface area contributed by atoms with Crippen LogP contribution in [0.3, 0.4) is 0 Å². The monoisotopic (exact) mass is 223 g/mol. The molecule has 2 rings (SSSR count). The number of aryl methyl sites for hydroxylation is 1. The molecular formula is C12H17NO3. The number of aliphatic hydroxyl groups is 1. The number of aliphatic hydroxyl groups excluding tert-OH is 1. The van der Waals surface area contributed by atoms with E-state index in [4.69, 9.17) is 9.47 Å². The standard InChI is InChI=1S/C12H17NO3/c1-9-2-3-12(11(8-14)13-9)16-10-4-6-15-7-5-10/h2-3,10,14H,4-8H2,1H3. The van der Waals surface area contributed by atoms with E-state index in [1.807, 2.05) is 19.1 Å². The quantitative estimate of drug-likeness (QED) is 0.842. The van der Waals surface area contributed by atoms with Gasteiger partial charge in [-0.05, 0) is 19.1 Å². The summed E-state index contributed by atoms with van der Waals surface area (Å²) in [6, 6.07) is 3.77. The molecule has 0 unspecified atom stereocenters. The van der Waals surface area contributed by atoms with Gasteiger partial charge in [0.05, 0.1) is 19.8 Å². The maximum atomic E-state index is 9.21. The number of aromatic nitrogens is 1. The maximum absolute atomic E-state index is 9.21. The van der Waals surface area contributed by atoms with Crippen LogP contribution in [0.15, 0.2) is 12.1 Å². The zero-order valence-electron chi connectivity index (χ0n) is 9.48. The number of ether oxygens (including phenoxy) is 2. The summed E-state index contributed by atoms with van der Waals surface area (Å²) < 4.78 is 11.1. The van der Waals surface area contributed by atoms with Gasteiger partial charge in [-0.2, -0.15) is 0 Å². The molecule has 0 aromatic carbocycles. The number of rotatable bonds is 3. The Morgan fingerprint density at radius 1 is 1.44 bits per heavy atom. The SMILES string of the molecule is Cc1ccc(OC2CCOCC2)c(CO)n1. The van der Waals surface area contributed by atoms with Crippen molar-refractivity contribution in [3.8, 4) is 5.75 Å². The molecule has 0 saturated carbocycles. The maximum Gasteiger partial charge on any atom is 0.143 e. The number of nitrogens with zero attached hydrogens (tertiary/aromatic N) is 1. The van der Waals surface area contributed by atoms with Gasteiger partial charge in [-0.1, -0.05) is 0 Å². The van der Waals surface area contributed by atoms with E-state index in [2.05, 4.69) is 4.98 Å². The van der Waals surface area contributed by atoms with Crippen molar-refractivity contribution >= 4 is 0 Å². The second kappa shape index (κ2) is 5.27. The first kappa shape index (κ1) is 11.4. The second-order valence-electron chi connectivity index (χ2n) is 3.99. The van der Waals surface area contributed by atoms with Gasteiger partial charge in [0.2, 0.25) is 0 Å². The van der Waals surface area contributed by atoms with E-state index in [9.17, 15) is 5.11 Å². The summed E-state index contributed by atoms with van der Waals surface area (Å²) in [5.74, 6) is 0.694. The highest BCUT2D eigenvalue weighted by Gasteiger charge is 2.17. The number of hydrogen-bond donors (Lipinski definition) is 1. The van der Waals surface area contributed by atoms with Crippen molar-refractivity contribution in [3.05, 3.63) is 23.5 Å². The van der Waals surface area contributed by atoms with Crippen molar-refractivity contribution in [3.63, 3.8) is 0 Å². The van der Waals surface area contributed by atoms with Crippen molar-refractivity contribution < 1.29 is 14.6 Å². The molecule has 0 spiro atoms. The molecule has 0 bridgehead atoms. The molecule has 1 aromatic rings. The normalized spacial score (nSPS) is 17.4. The van der Waals surface area contributed by atoms with Crippen LogP contribution in [-0.4, -0.2) is 29.4 Å². The first-order chi connectivity index (χ1) is 7.79. The minimum Gasteiger partial charge on any atom is -0.488 e. The van der Waals surface area contributed by atoms with Gasteiger partial charge in [0, 0.05) is 18.5 Å². The summed E-state index contributed by atoms with van der Waals surface area (Å²) in [4.78, 5) is 4.25. The summed E-state index contributed by atoms with van der Waals surface area (Å²) in [5.41, 5.74) is 1.51. The molecule has 1 aliphatic rings. The molecule has 16 heavy (non-hydrogen) atoms. The van der Waals surface area contributed by atoms with Crippen molar-refractivity contribution in [1.82, 2.24) is 4.98 Å². The fourth-order valence-electron chi connectivity index (χ4n) is 1.79. The zero-order valence-corrected chi connectivity index (χ0v) is 9.48. The molecule has 1 N–H and O–H groups in total. The van der Waals surface area contributed by atoms with E-state index < -0.39 is 0 Å². The molecule has 2 heterocycles. The third-order valence-corrected chi connectivity index (χ3v) is 2.68. The molecular weight excluding hydrogens is 206 g/mol. The van der Waals surface area contributed by atoms with Crippen molar-refractivity contribution in [2.75, 3.05) is 13.2 Å². The first-order valence-corrected chi connectivity index (χ1v) is 5.61. The Hall–Kier alpha value is -1.13. The molecule has 1 saturated heterocycles. The fourth-order valence-corrected chi connectivity index (χ4v) is 1.79. The summed E-state index contributed by atoms with van der Waals surface area (Å²) in [7, 11) is 0.